The first kappa shape index (κ1) is 38.3. The number of aromatic nitrogens is 1. The Morgan fingerprint density at radius 3 is 2.41 bits per heavy atom. The molecule has 0 saturated carbocycles. The van der Waals surface area contributed by atoms with Gasteiger partial charge in [-0.05, 0) is 25.8 Å². The lowest BCUT2D eigenvalue weighted by molar-refractivity contribution is -0.162. The van der Waals surface area contributed by atoms with Crippen molar-refractivity contribution in [2.45, 2.75) is 75.2 Å². The molecule has 2 saturated heterocycles. The Bertz CT molecular complexity index is 1660. The molecule has 2 aromatic rings. The van der Waals surface area contributed by atoms with Crippen LogP contribution in [0.3, 0.4) is 0 Å². The molecule has 0 radical (unpaired) electrons. The summed E-state index contributed by atoms with van der Waals surface area (Å²) in [4.78, 5) is 47.5. The van der Waals surface area contributed by atoms with E-state index in [1.807, 2.05) is 17.1 Å². The summed E-state index contributed by atoms with van der Waals surface area (Å²) in [5.74, 6) is -2.98. The van der Waals surface area contributed by atoms with Gasteiger partial charge in [0.15, 0.2) is 0 Å². The highest BCUT2D eigenvalue weighted by Crippen LogP contribution is 2.43. The summed E-state index contributed by atoms with van der Waals surface area (Å²) in [6.07, 6.45) is -0.0465. The average molecular weight is 745 g/mol. The number of rotatable bonds is 10. The van der Waals surface area contributed by atoms with E-state index in [1.54, 1.807) is 26.0 Å². The number of aliphatic carboxylic acids is 1. The van der Waals surface area contributed by atoms with Gasteiger partial charge in [-0.15, -0.1) is 11.3 Å². The standard InChI is InChI=1S/C34H38F6N4O6S/c1-3-7-26-32(50-22-18-27(51-21-22)34(38,39)40,11-6-13-44(26)29(47)23-19-41-12-9-24(23)33(35,36)37)30(48)43-16-14-42(15-17-43)25-8-4-5-10-31(25,2)49-20-28(45)46/h4-5,8-10,12,18-19,21,25-26H,3,6-7,11,13-17,20H2,1-2H3,(H,45,46)/t25?,26-,31?,32+/m1/s1. The second-order valence-corrected chi connectivity index (χ2v) is 13.8. The normalized spacial score (nSPS) is 26.0. The minimum atomic E-state index is -4.88. The lowest BCUT2D eigenvalue weighted by Crippen LogP contribution is -2.69. The van der Waals surface area contributed by atoms with Crippen LogP contribution in [0.25, 0.3) is 0 Å². The molecule has 278 valence electrons. The molecule has 10 nitrogen and oxygen atoms in total. The predicted molar refractivity (Wildman–Crippen MR) is 173 cm³/mol. The molecule has 51 heavy (non-hydrogen) atoms. The number of carbonyl (C=O) groups is 3. The molecule has 2 aromatic heterocycles. The number of hydrogen-bond donors (Lipinski definition) is 1. The van der Waals surface area contributed by atoms with Crippen molar-refractivity contribution in [3.05, 3.63) is 70.2 Å². The maximum Gasteiger partial charge on any atom is 0.425 e. The Labute approximate surface area is 294 Å². The number of amides is 2. The monoisotopic (exact) mass is 744 g/mol. The van der Waals surface area contributed by atoms with Crippen LogP contribution >= 0.6 is 11.3 Å². The number of carbonyl (C=O) groups excluding carboxylic acids is 2. The third-order valence-electron chi connectivity index (χ3n) is 9.48. The zero-order chi connectivity index (χ0) is 37.2. The first-order valence-electron chi connectivity index (χ1n) is 16.4. The molecule has 2 aliphatic heterocycles. The number of carboxylic acids is 1. The molecule has 3 aliphatic rings. The van der Waals surface area contributed by atoms with Crippen LogP contribution in [0.2, 0.25) is 0 Å². The molecule has 4 atom stereocenters. The first-order valence-corrected chi connectivity index (χ1v) is 17.3. The minimum absolute atomic E-state index is 0.00584. The number of hydrogen-bond acceptors (Lipinski definition) is 8. The van der Waals surface area contributed by atoms with Gasteiger partial charge in [-0.3, -0.25) is 19.5 Å². The van der Waals surface area contributed by atoms with Crippen LogP contribution in [0.5, 0.6) is 5.75 Å². The summed E-state index contributed by atoms with van der Waals surface area (Å²) in [5.41, 5.74) is -4.82. The summed E-state index contributed by atoms with van der Waals surface area (Å²) in [6.45, 7) is 3.86. The second kappa shape index (κ2) is 14.9. The molecule has 1 aliphatic carbocycles. The van der Waals surface area contributed by atoms with Crippen LogP contribution in [0.1, 0.15) is 60.3 Å². The molecule has 5 rings (SSSR count). The van der Waals surface area contributed by atoms with Gasteiger partial charge in [0.1, 0.15) is 22.8 Å². The number of likely N-dealkylation sites (tertiary alicyclic amines) is 1. The van der Waals surface area contributed by atoms with E-state index in [4.69, 9.17) is 9.47 Å². The number of pyridine rings is 1. The molecule has 0 spiro atoms. The van der Waals surface area contributed by atoms with Crippen molar-refractivity contribution in [3.63, 3.8) is 0 Å². The van der Waals surface area contributed by atoms with Crippen LogP contribution in [0.4, 0.5) is 26.3 Å². The van der Waals surface area contributed by atoms with E-state index in [0.717, 1.165) is 23.8 Å². The van der Waals surface area contributed by atoms with Gasteiger partial charge in [-0.25, -0.2) is 4.79 Å². The highest BCUT2D eigenvalue weighted by molar-refractivity contribution is 7.10. The maximum absolute atomic E-state index is 14.8. The number of ether oxygens (including phenoxy) is 2. The maximum atomic E-state index is 14.8. The Morgan fingerprint density at radius 2 is 1.78 bits per heavy atom. The summed E-state index contributed by atoms with van der Waals surface area (Å²) in [5, 5.41) is 10.3. The molecule has 17 heteroatoms. The molecule has 4 heterocycles. The van der Waals surface area contributed by atoms with Crippen LogP contribution in [0, 0.1) is 0 Å². The van der Waals surface area contributed by atoms with Gasteiger partial charge in [-0.1, -0.05) is 37.6 Å². The Hall–Kier alpha value is -3.96. The fraction of sp³-hybridized carbons (Fsp3) is 0.529. The van der Waals surface area contributed by atoms with Crippen molar-refractivity contribution < 1.29 is 55.3 Å². The zero-order valence-electron chi connectivity index (χ0n) is 27.9. The summed E-state index contributed by atoms with van der Waals surface area (Å²) in [7, 11) is 0. The van der Waals surface area contributed by atoms with Crippen LogP contribution < -0.4 is 4.74 Å². The topological polar surface area (TPSA) is 113 Å². The SMILES string of the molecule is CCC[C@H]1N(C(=O)c2cnccc2C(F)(F)F)CCC[C@@]1(Oc1csc(C(F)(F)F)c1)C(=O)N1CCN(C2C=CC=CC2(C)OCC(=O)O)CC1. The van der Waals surface area contributed by atoms with Crippen LogP contribution in [-0.2, 0) is 26.7 Å². The predicted octanol–water partition coefficient (Wildman–Crippen LogP) is 5.90. The highest BCUT2D eigenvalue weighted by Gasteiger charge is 2.56. The van der Waals surface area contributed by atoms with Gasteiger partial charge in [0.05, 0.1) is 23.2 Å². The van der Waals surface area contributed by atoms with E-state index in [-0.39, 0.29) is 50.7 Å². The number of alkyl halides is 6. The smallest absolute Gasteiger partial charge is 0.425 e. The average Bonchev–Trinajstić information content (AvgIpc) is 3.57. The van der Waals surface area contributed by atoms with E-state index in [2.05, 4.69) is 4.98 Å². The summed E-state index contributed by atoms with van der Waals surface area (Å²) >= 11 is 0.380. The van der Waals surface area contributed by atoms with E-state index in [9.17, 15) is 45.8 Å². The zero-order valence-corrected chi connectivity index (χ0v) is 28.7. The molecular weight excluding hydrogens is 706 g/mol. The Balaban J connectivity index is 1.48. The molecular formula is C34H38F6N4O6S. The molecule has 0 aromatic carbocycles. The van der Waals surface area contributed by atoms with Crippen LogP contribution in [0.15, 0.2) is 54.2 Å². The number of piperazine rings is 1. The van der Waals surface area contributed by atoms with E-state index in [0.29, 0.717) is 36.9 Å². The van der Waals surface area contributed by atoms with Gasteiger partial charge in [0.25, 0.3) is 11.8 Å². The van der Waals surface area contributed by atoms with Gasteiger partial charge in [0, 0.05) is 63.0 Å². The van der Waals surface area contributed by atoms with Crippen molar-refractivity contribution in [3.8, 4) is 5.75 Å². The number of allylic oxidation sites excluding steroid dienone is 2. The molecule has 2 amide bonds. The van der Waals surface area contributed by atoms with Crippen molar-refractivity contribution >= 4 is 29.1 Å². The quantitative estimate of drug-likeness (QED) is 0.300. The number of thiophene rings is 1. The largest absolute Gasteiger partial charge is 0.480 e. The van der Waals surface area contributed by atoms with Gasteiger partial charge in [-0.2, -0.15) is 26.3 Å². The lowest BCUT2D eigenvalue weighted by Gasteiger charge is -2.51. The number of halogens is 6. The Morgan fingerprint density at radius 1 is 1.06 bits per heavy atom. The number of carboxylic acid groups (broad SMARTS) is 1. The highest BCUT2D eigenvalue weighted by atomic mass is 32.1. The third-order valence-corrected chi connectivity index (χ3v) is 10.4. The molecule has 2 unspecified atom stereocenters. The van der Waals surface area contributed by atoms with Crippen molar-refractivity contribution in [2.24, 2.45) is 0 Å². The first-order chi connectivity index (χ1) is 24.0. The number of piperidine rings is 1. The molecule has 0 bridgehead atoms. The molecule has 2 fully saturated rings. The fourth-order valence-corrected chi connectivity index (χ4v) is 7.79. The van der Waals surface area contributed by atoms with Crippen molar-refractivity contribution in [1.82, 2.24) is 19.7 Å². The van der Waals surface area contributed by atoms with Gasteiger partial charge in [0.2, 0.25) is 5.60 Å². The van der Waals surface area contributed by atoms with Crippen molar-refractivity contribution in [1.29, 1.82) is 0 Å². The van der Waals surface area contributed by atoms with E-state index < -0.39 is 70.0 Å². The number of nitrogens with zero attached hydrogens (tertiary/aromatic N) is 4. The fourth-order valence-electron chi connectivity index (χ4n) is 7.11. The van der Waals surface area contributed by atoms with Crippen molar-refractivity contribution in [2.75, 3.05) is 39.3 Å². The molecule has 1 N–H and O–H groups in total. The summed E-state index contributed by atoms with van der Waals surface area (Å²) < 4.78 is 94.9. The van der Waals surface area contributed by atoms with E-state index >= 15 is 0 Å². The summed E-state index contributed by atoms with van der Waals surface area (Å²) in [6, 6.07) is -0.0392. The van der Waals surface area contributed by atoms with Gasteiger partial charge < -0.3 is 24.4 Å². The van der Waals surface area contributed by atoms with Crippen LogP contribution in [-0.4, -0.2) is 105 Å². The minimum Gasteiger partial charge on any atom is -0.480 e. The van der Waals surface area contributed by atoms with Gasteiger partial charge >= 0.3 is 18.3 Å². The lowest BCUT2D eigenvalue weighted by atomic mass is 9.79. The Kier molecular flexibility index (Phi) is 11.2. The second-order valence-electron chi connectivity index (χ2n) is 12.8. The third kappa shape index (κ3) is 8.09. The van der Waals surface area contributed by atoms with E-state index in [1.165, 1.54) is 9.80 Å².